The van der Waals surface area contributed by atoms with Crippen LogP contribution in [0.4, 0.5) is 5.69 Å². The normalized spacial score (nSPS) is 23.1. The largest absolute Gasteiger partial charge is 0.493 e. The number of carbonyl (C=O) groups is 3. The second-order valence-electron chi connectivity index (χ2n) is 8.44. The molecule has 0 spiro atoms. The van der Waals surface area contributed by atoms with Crippen LogP contribution in [0.5, 0.6) is 17.2 Å². The van der Waals surface area contributed by atoms with E-state index in [4.69, 9.17) is 18.9 Å². The molecule has 0 saturated carbocycles. The van der Waals surface area contributed by atoms with Gasteiger partial charge in [-0.05, 0) is 12.8 Å². The average Bonchev–Trinajstić information content (AvgIpc) is 3.52. The first-order valence-electron chi connectivity index (χ1n) is 11.3. The fourth-order valence-corrected chi connectivity index (χ4v) is 4.73. The Kier molecular flexibility index (Phi) is 6.92. The van der Waals surface area contributed by atoms with Gasteiger partial charge >= 0.3 is 0 Å². The monoisotopic (exact) mass is 461 g/mol. The van der Waals surface area contributed by atoms with Crippen molar-refractivity contribution in [2.45, 2.75) is 25.4 Å². The lowest BCUT2D eigenvalue weighted by Gasteiger charge is -2.36. The first kappa shape index (κ1) is 23.2. The highest BCUT2D eigenvalue weighted by atomic mass is 16.5. The van der Waals surface area contributed by atoms with E-state index in [-0.39, 0.29) is 36.8 Å². The van der Waals surface area contributed by atoms with E-state index in [0.29, 0.717) is 55.7 Å². The summed E-state index contributed by atoms with van der Waals surface area (Å²) in [7, 11) is 4.55. The number of ether oxygens (including phenoxy) is 4. The van der Waals surface area contributed by atoms with Crippen molar-refractivity contribution in [1.29, 1.82) is 0 Å². The molecule has 33 heavy (non-hydrogen) atoms. The second-order valence-corrected chi connectivity index (χ2v) is 8.44. The van der Waals surface area contributed by atoms with Crippen LogP contribution in [0.25, 0.3) is 0 Å². The molecule has 0 bridgehead atoms. The SMILES string of the molecule is COc1cc(N2CC(C(=O)N3CCN(C(=O)C4CCCO4)CC3)CC2=O)cc(OC)c1OC. The first-order valence-corrected chi connectivity index (χ1v) is 11.3. The third kappa shape index (κ3) is 4.57. The van der Waals surface area contributed by atoms with Crippen LogP contribution in [-0.4, -0.2) is 94.3 Å². The molecule has 3 aliphatic rings. The molecule has 1 aromatic rings. The minimum Gasteiger partial charge on any atom is -0.493 e. The van der Waals surface area contributed by atoms with Crippen molar-refractivity contribution in [2.75, 3.05) is 65.6 Å². The van der Waals surface area contributed by atoms with E-state index in [0.717, 1.165) is 12.8 Å². The maximum Gasteiger partial charge on any atom is 0.251 e. The second kappa shape index (κ2) is 9.86. The van der Waals surface area contributed by atoms with Gasteiger partial charge in [0.2, 0.25) is 17.6 Å². The predicted molar refractivity (Wildman–Crippen MR) is 119 cm³/mol. The Balaban J connectivity index is 1.39. The number of rotatable bonds is 6. The highest BCUT2D eigenvalue weighted by Crippen LogP contribution is 2.42. The van der Waals surface area contributed by atoms with E-state index in [2.05, 4.69) is 0 Å². The fraction of sp³-hybridized carbons (Fsp3) is 0.609. The lowest BCUT2D eigenvalue weighted by molar-refractivity contribution is -0.147. The molecule has 1 aromatic carbocycles. The first-order chi connectivity index (χ1) is 16.0. The van der Waals surface area contributed by atoms with Crippen molar-refractivity contribution < 1.29 is 33.3 Å². The zero-order valence-electron chi connectivity index (χ0n) is 19.4. The molecule has 0 N–H and O–H groups in total. The van der Waals surface area contributed by atoms with Crippen LogP contribution in [-0.2, 0) is 19.1 Å². The Morgan fingerprint density at radius 1 is 0.939 bits per heavy atom. The van der Waals surface area contributed by atoms with Gasteiger partial charge < -0.3 is 33.6 Å². The van der Waals surface area contributed by atoms with Gasteiger partial charge in [0, 0.05) is 57.9 Å². The maximum absolute atomic E-state index is 13.2. The molecule has 10 nitrogen and oxygen atoms in total. The molecule has 10 heteroatoms. The molecule has 0 aromatic heterocycles. The van der Waals surface area contributed by atoms with E-state index in [1.165, 1.54) is 21.3 Å². The van der Waals surface area contributed by atoms with Gasteiger partial charge in [0.25, 0.3) is 5.91 Å². The summed E-state index contributed by atoms with van der Waals surface area (Å²) in [6, 6.07) is 3.42. The van der Waals surface area contributed by atoms with Crippen molar-refractivity contribution in [2.24, 2.45) is 5.92 Å². The van der Waals surface area contributed by atoms with Gasteiger partial charge in [-0.3, -0.25) is 14.4 Å². The number of carbonyl (C=O) groups excluding carboxylic acids is 3. The molecule has 0 radical (unpaired) electrons. The van der Waals surface area contributed by atoms with Crippen molar-refractivity contribution in [3.8, 4) is 17.2 Å². The Morgan fingerprint density at radius 3 is 2.06 bits per heavy atom. The van der Waals surface area contributed by atoms with Crippen LogP contribution in [0.1, 0.15) is 19.3 Å². The van der Waals surface area contributed by atoms with Crippen LogP contribution >= 0.6 is 0 Å². The summed E-state index contributed by atoms with van der Waals surface area (Å²) < 4.78 is 21.6. The Hall–Kier alpha value is -3.01. The van der Waals surface area contributed by atoms with E-state index in [1.54, 1.807) is 26.8 Å². The molecule has 3 amide bonds. The summed E-state index contributed by atoms with van der Waals surface area (Å²) >= 11 is 0. The number of benzene rings is 1. The Morgan fingerprint density at radius 2 is 1.55 bits per heavy atom. The molecule has 4 rings (SSSR count). The summed E-state index contributed by atoms with van der Waals surface area (Å²) in [6.07, 6.45) is 1.47. The zero-order valence-corrected chi connectivity index (χ0v) is 19.4. The summed E-state index contributed by atoms with van der Waals surface area (Å²) in [6.45, 7) is 2.82. The highest BCUT2D eigenvalue weighted by Gasteiger charge is 2.39. The van der Waals surface area contributed by atoms with Crippen LogP contribution in [0.3, 0.4) is 0 Å². The highest BCUT2D eigenvalue weighted by molar-refractivity contribution is 6.00. The smallest absolute Gasteiger partial charge is 0.251 e. The lowest BCUT2D eigenvalue weighted by atomic mass is 10.1. The van der Waals surface area contributed by atoms with E-state index in [1.807, 2.05) is 0 Å². The van der Waals surface area contributed by atoms with Gasteiger partial charge in [0.05, 0.1) is 32.9 Å². The van der Waals surface area contributed by atoms with E-state index < -0.39 is 5.92 Å². The number of hydrogen-bond acceptors (Lipinski definition) is 7. The fourth-order valence-electron chi connectivity index (χ4n) is 4.73. The van der Waals surface area contributed by atoms with Crippen molar-refractivity contribution in [1.82, 2.24) is 9.80 Å². The summed E-state index contributed by atoms with van der Waals surface area (Å²) in [5, 5.41) is 0. The van der Waals surface area contributed by atoms with Crippen molar-refractivity contribution in [3.05, 3.63) is 12.1 Å². The Labute approximate surface area is 193 Å². The molecular formula is C23H31N3O7. The maximum atomic E-state index is 13.2. The molecule has 2 atom stereocenters. The van der Waals surface area contributed by atoms with Crippen LogP contribution in [0.2, 0.25) is 0 Å². The van der Waals surface area contributed by atoms with Crippen LogP contribution < -0.4 is 19.1 Å². The third-order valence-electron chi connectivity index (χ3n) is 6.54. The molecule has 3 heterocycles. The number of amides is 3. The number of methoxy groups -OCH3 is 3. The minimum absolute atomic E-state index is 0.0178. The van der Waals surface area contributed by atoms with Gasteiger partial charge in [-0.25, -0.2) is 0 Å². The van der Waals surface area contributed by atoms with E-state index >= 15 is 0 Å². The number of anilines is 1. The van der Waals surface area contributed by atoms with Crippen molar-refractivity contribution in [3.63, 3.8) is 0 Å². The standard InChI is InChI=1S/C23H31N3O7/c1-30-18-12-16(13-19(31-2)21(18)32-3)26-14-15(11-20(26)27)22(28)24-6-8-25(9-7-24)23(29)17-5-4-10-33-17/h12-13,15,17H,4-11,14H2,1-3H3. The molecule has 3 saturated heterocycles. The van der Waals surface area contributed by atoms with Gasteiger partial charge in [-0.2, -0.15) is 0 Å². The van der Waals surface area contributed by atoms with E-state index in [9.17, 15) is 14.4 Å². The zero-order chi connectivity index (χ0) is 23.5. The molecular weight excluding hydrogens is 430 g/mol. The molecule has 0 aliphatic carbocycles. The van der Waals surface area contributed by atoms with Crippen molar-refractivity contribution >= 4 is 23.4 Å². The topological polar surface area (TPSA) is 97.9 Å². The molecule has 180 valence electrons. The third-order valence-corrected chi connectivity index (χ3v) is 6.54. The number of hydrogen-bond donors (Lipinski definition) is 0. The molecule has 2 unspecified atom stereocenters. The van der Waals surface area contributed by atoms with Crippen LogP contribution in [0, 0.1) is 5.92 Å². The minimum atomic E-state index is -0.433. The van der Waals surface area contributed by atoms with Gasteiger partial charge in [-0.15, -0.1) is 0 Å². The Bertz CT molecular complexity index is 882. The lowest BCUT2D eigenvalue weighted by Crippen LogP contribution is -2.54. The van der Waals surface area contributed by atoms with Gasteiger partial charge in [0.15, 0.2) is 11.5 Å². The summed E-state index contributed by atoms with van der Waals surface area (Å²) in [5.41, 5.74) is 0.594. The molecule has 3 fully saturated rings. The predicted octanol–water partition coefficient (Wildman–Crippen LogP) is 0.915. The number of nitrogens with zero attached hydrogens (tertiary/aromatic N) is 3. The van der Waals surface area contributed by atoms with Gasteiger partial charge in [0.1, 0.15) is 6.10 Å². The van der Waals surface area contributed by atoms with Crippen LogP contribution in [0.15, 0.2) is 12.1 Å². The number of piperazine rings is 1. The van der Waals surface area contributed by atoms with Gasteiger partial charge in [-0.1, -0.05) is 0 Å². The summed E-state index contributed by atoms with van der Waals surface area (Å²) in [5.74, 6) is 0.736. The summed E-state index contributed by atoms with van der Waals surface area (Å²) in [4.78, 5) is 43.6. The molecule has 3 aliphatic heterocycles. The average molecular weight is 462 g/mol. The quantitative estimate of drug-likeness (QED) is 0.621.